The van der Waals surface area contributed by atoms with E-state index in [0.29, 0.717) is 24.7 Å². The Labute approximate surface area is 157 Å². The third-order valence-corrected chi connectivity index (χ3v) is 4.68. The third-order valence-electron chi connectivity index (χ3n) is 3.94. The zero-order valence-electron chi connectivity index (χ0n) is 15.1. The molecule has 2 aromatic rings. The number of halogens is 1. The van der Waals surface area contributed by atoms with E-state index in [4.69, 9.17) is 9.47 Å². The minimum absolute atomic E-state index is 0.0685. The smallest absolute Gasteiger partial charge is 0.228 e. The van der Waals surface area contributed by atoms with Gasteiger partial charge in [0.2, 0.25) is 5.91 Å². The Morgan fingerprint density at radius 2 is 1.72 bits per heavy atom. The molecule has 0 atom stereocenters. The topological polar surface area (TPSA) is 47.6 Å². The second-order valence-corrected chi connectivity index (χ2v) is 6.58. The van der Waals surface area contributed by atoms with E-state index in [2.05, 4.69) is 21.2 Å². The Bertz CT molecular complexity index is 759. The molecular formula is C20H24BrNO3. The summed E-state index contributed by atoms with van der Waals surface area (Å²) in [7, 11) is 0. The van der Waals surface area contributed by atoms with Crippen LogP contribution in [0.15, 0.2) is 34.8 Å². The molecule has 0 aromatic heterocycles. The maximum absolute atomic E-state index is 12.5. The number of hydrogen-bond acceptors (Lipinski definition) is 3. The van der Waals surface area contributed by atoms with Crippen LogP contribution in [0.5, 0.6) is 11.5 Å². The van der Waals surface area contributed by atoms with Crippen LogP contribution in [0.3, 0.4) is 0 Å². The van der Waals surface area contributed by atoms with E-state index >= 15 is 0 Å². The van der Waals surface area contributed by atoms with Crippen molar-refractivity contribution in [3.05, 3.63) is 51.5 Å². The number of nitrogens with one attached hydrogen (secondary N) is 1. The Morgan fingerprint density at radius 1 is 1.08 bits per heavy atom. The van der Waals surface area contributed by atoms with E-state index < -0.39 is 0 Å². The van der Waals surface area contributed by atoms with Crippen LogP contribution in [0.4, 0.5) is 5.69 Å². The lowest BCUT2D eigenvalue weighted by Crippen LogP contribution is -2.16. The van der Waals surface area contributed by atoms with Crippen molar-refractivity contribution in [2.75, 3.05) is 18.5 Å². The fourth-order valence-corrected chi connectivity index (χ4v) is 2.97. The molecule has 0 saturated heterocycles. The molecule has 0 aliphatic rings. The van der Waals surface area contributed by atoms with E-state index in [-0.39, 0.29) is 12.3 Å². The molecule has 0 fully saturated rings. The van der Waals surface area contributed by atoms with Crippen molar-refractivity contribution in [2.24, 2.45) is 0 Å². The molecule has 0 heterocycles. The van der Waals surface area contributed by atoms with Crippen LogP contribution in [0, 0.1) is 13.8 Å². The third kappa shape index (κ3) is 4.98. The molecule has 1 N–H and O–H groups in total. The predicted molar refractivity (Wildman–Crippen MR) is 105 cm³/mol. The first-order chi connectivity index (χ1) is 12.0. The summed E-state index contributed by atoms with van der Waals surface area (Å²) in [4.78, 5) is 12.5. The molecule has 0 aliphatic heterocycles. The minimum atomic E-state index is -0.0685. The first kappa shape index (κ1) is 19.3. The predicted octanol–water partition coefficient (Wildman–Crippen LogP) is 5.04. The van der Waals surface area contributed by atoms with Gasteiger partial charge in [0.1, 0.15) is 0 Å². The number of carbonyl (C=O) groups is 1. The number of aryl methyl sites for hydroxylation is 1. The van der Waals surface area contributed by atoms with Gasteiger partial charge in [-0.3, -0.25) is 4.79 Å². The van der Waals surface area contributed by atoms with Gasteiger partial charge in [0.05, 0.1) is 19.6 Å². The molecule has 2 rings (SSSR count). The van der Waals surface area contributed by atoms with Crippen molar-refractivity contribution in [3.63, 3.8) is 0 Å². The molecule has 0 radical (unpaired) electrons. The van der Waals surface area contributed by atoms with Gasteiger partial charge in [0.15, 0.2) is 11.5 Å². The highest BCUT2D eigenvalue weighted by atomic mass is 79.9. The number of carbonyl (C=O) groups excluding carboxylic acids is 1. The highest BCUT2D eigenvalue weighted by molar-refractivity contribution is 9.10. The first-order valence-electron chi connectivity index (χ1n) is 8.40. The molecule has 0 bridgehead atoms. The van der Waals surface area contributed by atoms with Gasteiger partial charge in [-0.05, 0) is 62.6 Å². The second kappa shape index (κ2) is 8.90. The Hall–Kier alpha value is -2.01. The summed E-state index contributed by atoms with van der Waals surface area (Å²) in [5.41, 5.74) is 3.93. The van der Waals surface area contributed by atoms with Crippen molar-refractivity contribution >= 4 is 27.5 Å². The van der Waals surface area contributed by atoms with E-state index in [1.165, 1.54) is 0 Å². The van der Waals surface area contributed by atoms with Crippen LogP contribution < -0.4 is 14.8 Å². The molecule has 0 unspecified atom stereocenters. The van der Waals surface area contributed by atoms with Crippen LogP contribution >= 0.6 is 15.9 Å². The summed E-state index contributed by atoms with van der Waals surface area (Å²) in [6.07, 6.45) is 0.250. The fourth-order valence-electron chi connectivity index (χ4n) is 2.50. The molecule has 0 spiro atoms. The highest BCUT2D eigenvalue weighted by Gasteiger charge is 2.14. The van der Waals surface area contributed by atoms with Crippen LogP contribution in [0.1, 0.15) is 30.5 Å². The molecule has 25 heavy (non-hydrogen) atoms. The monoisotopic (exact) mass is 405 g/mol. The molecule has 5 heteroatoms. The number of amides is 1. The lowest BCUT2D eigenvalue weighted by Gasteiger charge is -2.15. The number of anilines is 1. The summed E-state index contributed by atoms with van der Waals surface area (Å²) in [6.45, 7) is 8.97. The van der Waals surface area contributed by atoms with E-state index in [0.717, 1.165) is 26.9 Å². The summed E-state index contributed by atoms with van der Waals surface area (Å²) in [6, 6.07) is 9.61. The van der Waals surface area contributed by atoms with E-state index in [9.17, 15) is 4.79 Å². The summed E-state index contributed by atoms with van der Waals surface area (Å²) in [5.74, 6) is 1.26. The molecule has 1 amide bonds. The van der Waals surface area contributed by atoms with Gasteiger partial charge in [0, 0.05) is 10.2 Å². The summed E-state index contributed by atoms with van der Waals surface area (Å²) >= 11 is 3.53. The number of rotatable bonds is 7. The Kier molecular flexibility index (Phi) is 6.88. The van der Waals surface area contributed by atoms with Gasteiger partial charge in [-0.25, -0.2) is 0 Å². The number of hydrogen-bond donors (Lipinski definition) is 1. The number of benzene rings is 2. The van der Waals surface area contributed by atoms with Crippen molar-refractivity contribution in [1.82, 2.24) is 0 Å². The van der Waals surface area contributed by atoms with Gasteiger partial charge in [-0.1, -0.05) is 28.1 Å². The Morgan fingerprint density at radius 3 is 2.36 bits per heavy atom. The van der Waals surface area contributed by atoms with Crippen LogP contribution in [0.2, 0.25) is 0 Å². The average Bonchev–Trinajstić information content (AvgIpc) is 2.56. The van der Waals surface area contributed by atoms with E-state index in [1.54, 1.807) is 0 Å². The molecule has 134 valence electrons. The molecular weight excluding hydrogens is 382 g/mol. The largest absolute Gasteiger partial charge is 0.490 e. The molecule has 0 aliphatic carbocycles. The average molecular weight is 406 g/mol. The lowest BCUT2D eigenvalue weighted by molar-refractivity contribution is -0.115. The highest BCUT2D eigenvalue weighted by Crippen LogP contribution is 2.34. The molecule has 2 aromatic carbocycles. The van der Waals surface area contributed by atoms with Crippen molar-refractivity contribution in [1.29, 1.82) is 0 Å². The zero-order chi connectivity index (χ0) is 18.4. The SMILES string of the molecule is CCOc1cc(Br)c(CC(=O)Nc2cccc(C)c2C)cc1OCC. The van der Waals surface area contributed by atoms with Gasteiger partial charge >= 0.3 is 0 Å². The van der Waals surface area contributed by atoms with Crippen LogP contribution in [-0.4, -0.2) is 19.1 Å². The van der Waals surface area contributed by atoms with Crippen molar-refractivity contribution < 1.29 is 14.3 Å². The van der Waals surface area contributed by atoms with Gasteiger partial charge in [-0.2, -0.15) is 0 Å². The second-order valence-electron chi connectivity index (χ2n) is 5.73. The van der Waals surface area contributed by atoms with Gasteiger partial charge in [-0.15, -0.1) is 0 Å². The maximum Gasteiger partial charge on any atom is 0.228 e. The van der Waals surface area contributed by atoms with Crippen LogP contribution in [0.25, 0.3) is 0 Å². The zero-order valence-corrected chi connectivity index (χ0v) is 16.7. The fraction of sp³-hybridized carbons (Fsp3) is 0.350. The summed E-state index contributed by atoms with van der Waals surface area (Å²) < 4.78 is 12.1. The quantitative estimate of drug-likeness (QED) is 0.701. The minimum Gasteiger partial charge on any atom is -0.490 e. The molecule has 0 saturated carbocycles. The molecule has 4 nitrogen and oxygen atoms in total. The van der Waals surface area contributed by atoms with Gasteiger partial charge < -0.3 is 14.8 Å². The van der Waals surface area contributed by atoms with Crippen LogP contribution in [-0.2, 0) is 11.2 Å². The van der Waals surface area contributed by atoms with Crippen molar-refractivity contribution in [2.45, 2.75) is 34.1 Å². The summed E-state index contributed by atoms with van der Waals surface area (Å²) in [5, 5.41) is 2.99. The van der Waals surface area contributed by atoms with Crippen molar-refractivity contribution in [3.8, 4) is 11.5 Å². The maximum atomic E-state index is 12.5. The van der Waals surface area contributed by atoms with E-state index in [1.807, 2.05) is 58.0 Å². The standard InChI is InChI=1S/C20H24BrNO3/c1-5-24-18-10-15(16(21)12-19(18)25-6-2)11-20(23)22-17-9-7-8-13(3)14(17)4/h7-10,12H,5-6,11H2,1-4H3,(H,22,23). The first-order valence-corrected chi connectivity index (χ1v) is 9.19. The Balaban J connectivity index is 2.19. The lowest BCUT2D eigenvalue weighted by atomic mass is 10.1. The van der Waals surface area contributed by atoms with Gasteiger partial charge in [0.25, 0.3) is 0 Å². The number of ether oxygens (including phenoxy) is 2. The normalized spacial score (nSPS) is 10.4.